The Bertz CT molecular complexity index is 525. The second kappa shape index (κ2) is 2.44. The number of pyridine rings is 1. The van der Waals surface area contributed by atoms with Crippen LogP contribution in [-0.2, 0) is 0 Å². The van der Waals surface area contributed by atoms with E-state index in [0.717, 1.165) is 0 Å². The predicted molar refractivity (Wildman–Crippen MR) is 41.6 cm³/mol. The number of oxazole rings is 1. The average Bonchev–Trinajstić information content (AvgIpc) is 2.43. The molecule has 0 radical (unpaired) electrons. The van der Waals surface area contributed by atoms with Gasteiger partial charge in [-0.05, 0) is 6.07 Å². The monoisotopic (exact) mass is 180 g/mol. The maximum atomic E-state index is 10.7. The predicted octanol–water partition coefficient (Wildman–Crippen LogP) is 0.214. The molecule has 0 fully saturated rings. The number of aromatic carboxylic acids is 1. The molecular weight excluding hydrogens is 176 g/mol. The van der Waals surface area contributed by atoms with Crippen LogP contribution in [0.15, 0.2) is 21.5 Å². The highest BCUT2D eigenvalue weighted by Crippen LogP contribution is 2.11. The number of rotatable bonds is 1. The van der Waals surface area contributed by atoms with Crippen LogP contribution in [0.4, 0.5) is 0 Å². The Morgan fingerprint density at radius 3 is 3.08 bits per heavy atom. The number of carbonyl (C=O) groups is 1. The van der Waals surface area contributed by atoms with Crippen molar-refractivity contribution in [2.24, 2.45) is 0 Å². The number of carboxylic acid groups (broad SMARTS) is 1. The normalized spacial score (nSPS) is 10.5. The molecule has 0 atom stereocenters. The number of nitrogens with one attached hydrogen (secondary N) is 1. The van der Waals surface area contributed by atoms with Crippen molar-refractivity contribution in [3.05, 3.63) is 28.5 Å². The topological polar surface area (TPSA) is 96.2 Å². The van der Waals surface area contributed by atoms with Crippen molar-refractivity contribution in [3.8, 4) is 0 Å². The van der Waals surface area contributed by atoms with Gasteiger partial charge in [-0.1, -0.05) is 0 Å². The van der Waals surface area contributed by atoms with Gasteiger partial charge in [0.2, 0.25) is 0 Å². The molecule has 2 rings (SSSR count). The minimum atomic E-state index is -1.23. The minimum absolute atomic E-state index is 0.0278. The van der Waals surface area contributed by atoms with Crippen LogP contribution in [0.2, 0.25) is 0 Å². The van der Waals surface area contributed by atoms with E-state index in [4.69, 9.17) is 5.11 Å². The van der Waals surface area contributed by atoms with E-state index in [1.54, 1.807) is 0 Å². The van der Waals surface area contributed by atoms with E-state index in [-0.39, 0.29) is 11.3 Å². The van der Waals surface area contributed by atoms with Gasteiger partial charge >= 0.3 is 11.7 Å². The number of H-pyrrole nitrogens is 1. The highest BCUT2D eigenvalue weighted by molar-refractivity contribution is 5.97. The van der Waals surface area contributed by atoms with E-state index in [9.17, 15) is 9.59 Å². The summed E-state index contributed by atoms with van der Waals surface area (Å²) in [6, 6.07) is 1.46. The lowest BCUT2D eigenvalue weighted by Crippen LogP contribution is -1.99. The zero-order chi connectivity index (χ0) is 9.42. The first-order valence-corrected chi connectivity index (χ1v) is 3.39. The van der Waals surface area contributed by atoms with Crippen LogP contribution in [0, 0.1) is 0 Å². The number of aromatic nitrogens is 2. The summed E-state index contributed by atoms with van der Waals surface area (Å²) >= 11 is 0. The first-order chi connectivity index (χ1) is 6.18. The zero-order valence-electron chi connectivity index (χ0n) is 6.27. The molecule has 66 valence electrons. The summed E-state index contributed by atoms with van der Waals surface area (Å²) in [6.45, 7) is 0. The van der Waals surface area contributed by atoms with Crippen LogP contribution in [0.3, 0.4) is 0 Å². The Morgan fingerprint density at radius 2 is 2.38 bits per heavy atom. The number of fused-ring (bicyclic) bond motifs is 1. The number of hydrogen-bond acceptors (Lipinski definition) is 4. The lowest BCUT2D eigenvalue weighted by molar-refractivity contribution is 0.0691. The third-order valence-corrected chi connectivity index (χ3v) is 1.54. The summed E-state index contributed by atoms with van der Waals surface area (Å²) in [5.74, 6) is -1.92. The minimum Gasteiger partial charge on any atom is -0.476 e. The molecule has 13 heavy (non-hydrogen) atoms. The number of hydrogen-bond donors (Lipinski definition) is 2. The van der Waals surface area contributed by atoms with Crippen LogP contribution in [0.5, 0.6) is 0 Å². The van der Waals surface area contributed by atoms with Crippen molar-refractivity contribution >= 4 is 17.1 Å². The molecule has 0 amide bonds. The van der Waals surface area contributed by atoms with Crippen molar-refractivity contribution in [1.29, 1.82) is 0 Å². The molecule has 0 saturated carbocycles. The molecule has 2 heterocycles. The van der Waals surface area contributed by atoms with Crippen LogP contribution >= 0.6 is 0 Å². The van der Waals surface area contributed by atoms with Gasteiger partial charge in [-0.3, -0.25) is 4.98 Å². The first-order valence-electron chi connectivity index (χ1n) is 3.39. The molecule has 0 saturated heterocycles. The van der Waals surface area contributed by atoms with E-state index >= 15 is 0 Å². The molecule has 0 aromatic carbocycles. The molecule has 0 aliphatic carbocycles. The molecule has 0 aliphatic rings. The Hall–Kier alpha value is -2.11. The molecule has 2 aromatic heterocycles. The SMILES string of the molecule is O=C(O)c1nccc2[nH]c(=O)oc12. The molecule has 6 nitrogen and oxygen atoms in total. The zero-order valence-corrected chi connectivity index (χ0v) is 6.27. The molecule has 0 unspecified atom stereocenters. The molecule has 0 aliphatic heterocycles. The van der Waals surface area contributed by atoms with Gasteiger partial charge in [0.05, 0.1) is 5.52 Å². The maximum Gasteiger partial charge on any atom is 0.417 e. The average molecular weight is 180 g/mol. The van der Waals surface area contributed by atoms with E-state index in [0.29, 0.717) is 5.52 Å². The van der Waals surface area contributed by atoms with Gasteiger partial charge in [-0.2, -0.15) is 0 Å². The third kappa shape index (κ3) is 1.08. The lowest BCUT2D eigenvalue weighted by atomic mass is 10.3. The lowest BCUT2D eigenvalue weighted by Gasteiger charge is -1.91. The highest BCUT2D eigenvalue weighted by atomic mass is 16.4. The third-order valence-electron chi connectivity index (χ3n) is 1.54. The van der Waals surface area contributed by atoms with Crippen molar-refractivity contribution < 1.29 is 14.3 Å². The van der Waals surface area contributed by atoms with Crippen LogP contribution < -0.4 is 5.76 Å². The summed E-state index contributed by atoms with van der Waals surface area (Å²) in [5.41, 5.74) is 0.0354. The van der Waals surface area contributed by atoms with Gasteiger partial charge in [0.1, 0.15) is 0 Å². The fourth-order valence-electron chi connectivity index (χ4n) is 1.03. The summed E-state index contributed by atoms with van der Waals surface area (Å²) in [5, 5.41) is 8.65. The largest absolute Gasteiger partial charge is 0.476 e. The fourth-order valence-corrected chi connectivity index (χ4v) is 1.03. The van der Waals surface area contributed by atoms with Crippen molar-refractivity contribution in [2.75, 3.05) is 0 Å². The fraction of sp³-hybridized carbons (Fsp3) is 0. The number of carboxylic acids is 1. The number of nitrogens with zero attached hydrogens (tertiary/aromatic N) is 1. The van der Waals surface area contributed by atoms with Gasteiger partial charge in [0.25, 0.3) is 0 Å². The van der Waals surface area contributed by atoms with Crippen molar-refractivity contribution in [3.63, 3.8) is 0 Å². The van der Waals surface area contributed by atoms with Gasteiger partial charge in [0.15, 0.2) is 11.3 Å². The van der Waals surface area contributed by atoms with Crippen LogP contribution in [0.1, 0.15) is 10.5 Å². The molecule has 2 aromatic rings. The summed E-state index contributed by atoms with van der Waals surface area (Å²) in [6.07, 6.45) is 1.29. The Kier molecular flexibility index (Phi) is 1.42. The summed E-state index contributed by atoms with van der Waals surface area (Å²) < 4.78 is 4.61. The second-order valence-electron chi connectivity index (χ2n) is 2.36. The molecule has 0 bridgehead atoms. The van der Waals surface area contributed by atoms with E-state index in [1.165, 1.54) is 12.3 Å². The maximum absolute atomic E-state index is 10.7. The van der Waals surface area contributed by atoms with Gasteiger partial charge in [-0.25, -0.2) is 14.6 Å². The molecular formula is C7H4N2O4. The molecule has 6 heteroatoms. The van der Waals surface area contributed by atoms with Gasteiger partial charge in [-0.15, -0.1) is 0 Å². The second-order valence-corrected chi connectivity index (χ2v) is 2.36. The quantitative estimate of drug-likeness (QED) is 0.654. The van der Waals surface area contributed by atoms with Crippen molar-refractivity contribution in [1.82, 2.24) is 9.97 Å². The van der Waals surface area contributed by atoms with E-state index in [1.807, 2.05) is 0 Å². The van der Waals surface area contributed by atoms with Gasteiger partial charge in [0, 0.05) is 6.20 Å². The van der Waals surface area contributed by atoms with Gasteiger partial charge < -0.3 is 9.52 Å². The number of aromatic amines is 1. The Balaban J connectivity index is 2.90. The van der Waals surface area contributed by atoms with Crippen molar-refractivity contribution in [2.45, 2.75) is 0 Å². The van der Waals surface area contributed by atoms with Crippen LogP contribution in [-0.4, -0.2) is 21.0 Å². The first kappa shape index (κ1) is 7.53. The van der Waals surface area contributed by atoms with Crippen LogP contribution in [0.25, 0.3) is 11.1 Å². The Labute approximate surface area is 70.8 Å². The summed E-state index contributed by atoms with van der Waals surface area (Å²) in [7, 11) is 0. The highest BCUT2D eigenvalue weighted by Gasteiger charge is 2.13. The van der Waals surface area contributed by atoms with E-state index < -0.39 is 11.7 Å². The molecule has 0 spiro atoms. The smallest absolute Gasteiger partial charge is 0.417 e. The molecule has 2 N–H and O–H groups in total. The van der Waals surface area contributed by atoms with E-state index in [2.05, 4.69) is 14.4 Å². The summed E-state index contributed by atoms with van der Waals surface area (Å²) in [4.78, 5) is 27.2. The Morgan fingerprint density at radius 1 is 1.62 bits per heavy atom. The standard InChI is InChI=1S/C7H4N2O4/c10-6(11)4-5-3(1-2-8-4)9-7(12)13-5/h1-2H,(H,9,12)(H,10,11).